The number of rotatable bonds is 4. The molecule has 0 bridgehead atoms. The Bertz CT molecular complexity index is 649. The van der Waals surface area contributed by atoms with Crippen LogP contribution in [0.25, 0.3) is 10.1 Å². The first-order chi connectivity index (χ1) is 10.1. The van der Waals surface area contributed by atoms with Crippen LogP contribution in [0.5, 0.6) is 0 Å². The molecule has 1 fully saturated rings. The van der Waals surface area contributed by atoms with Gasteiger partial charge in [-0.15, -0.1) is 11.3 Å². The molecule has 1 saturated heterocycles. The fourth-order valence-corrected chi connectivity index (χ4v) is 3.45. The van der Waals surface area contributed by atoms with E-state index in [0.717, 1.165) is 15.0 Å². The largest absolute Gasteiger partial charge is 0.386 e. The molecule has 0 unspecified atom stereocenters. The third-order valence-electron chi connectivity index (χ3n) is 3.55. The van der Waals surface area contributed by atoms with Gasteiger partial charge in [-0.05, 0) is 23.9 Å². The molecule has 1 aliphatic heterocycles. The van der Waals surface area contributed by atoms with E-state index in [2.05, 4.69) is 10.6 Å². The lowest BCUT2D eigenvalue weighted by molar-refractivity contribution is -0.126. The number of carbonyl (C=O) groups is 2. The molecule has 3 rings (SSSR count). The van der Waals surface area contributed by atoms with Crippen LogP contribution < -0.4 is 10.6 Å². The number of thiophene rings is 1. The second-order valence-electron chi connectivity index (χ2n) is 5.11. The second-order valence-corrected chi connectivity index (χ2v) is 6.22. The monoisotopic (exact) mass is 304 g/mol. The Kier molecular flexibility index (Phi) is 3.90. The number of nitrogens with one attached hydrogen (secondary N) is 2. The van der Waals surface area contributed by atoms with Crippen LogP contribution in [0.1, 0.15) is 23.8 Å². The normalized spacial score (nSPS) is 19.5. The highest BCUT2D eigenvalue weighted by molar-refractivity contribution is 7.19. The summed E-state index contributed by atoms with van der Waals surface area (Å²) < 4.78 is 1.11. The average molecular weight is 304 g/mol. The summed E-state index contributed by atoms with van der Waals surface area (Å²) in [5.74, 6) is -0.332. The maximum absolute atomic E-state index is 11.9. The summed E-state index contributed by atoms with van der Waals surface area (Å²) in [5, 5.41) is 16.6. The number of hydrogen-bond donors (Lipinski definition) is 3. The van der Waals surface area contributed by atoms with Gasteiger partial charge < -0.3 is 15.7 Å². The summed E-state index contributed by atoms with van der Waals surface area (Å²) >= 11 is 1.52. The Balaban J connectivity index is 1.59. The van der Waals surface area contributed by atoms with Crippen molar-refractivity contribution >= 4 is 33.2 Å². The summed E-state index contributed by atoms with van der Waals surface area (Å²) in [6, 6.07) is 9.38. The molecule has 110 valence electrons. The van der Waals surface area contributed by atoms with E-state index in [1.54, 1.807) is 0 Å². The van der Waals surface area contributed by atoms with Gasteiger partial charge in [0.25, 0.3) is 0 Å². The minimum Gasteiger partial charge on any atom is -0.386 e. The summed E-state index contributed by atoms with van der Waals surface area (Å²) in [6.07, 6.45) is 0.170. The molecule has 0 spiro atoms. The molecule has 0 aliphatic carbocycles. The summed E-state index contributed by atoms with van der Waals surface area (Å²) in [4.78, 5) is 23.8. The van der Waals surface area contributed by atoms with Crippen molar-refractivity contribution in [2.45, 2.75) is 25.0 Å². The maximum Gasteiger partial charge on any atom is 0.242 e. The quantitative estimate of drug-likeness (QED) is 0.797. The molecule has 2 amide bonds. The zero-order valence-corrected chi connectivity index (χ0v) is 12.2. The highest BCUT2D eigenvalue weighted by atomic mass is 32.1. The molecular weight excluding hydrogens is 288 g/mol. The van der Waals surface area contributed by atoms with Gasteiger partial charge in [0.05, 0.1) is 0 Å². The van der Waals surface area contributed by atoms with E-state index in [9.17, 15) is 14.7 Å². The topological polar surface area (TPSA) is 78.4 Å². The first-order valence-electron chi connectivity index (χ1n) is 6.87. The van der Waals surface area contributed by atoms with Gasteiger partial charge in [0.15, 0.2) is 0 Å². The number of carbonyl (C=O) groups excluding carboxylic acids is 2. The fraction of sp³-hybridized carbons (Fsp3) is 0.333. The zero-order valence-electron chi connectivity index (χ0n) is 11.3. The van der Waals surface area contributed by atoms with E-state index < -0.39 is 12.1 Å². The van der Waals surface area contributed by atoms with Crippen LogP contribution in [0.15, 0.2) is 30.3 Å². The van der Waals surface area contributed by atoms with E-state index >= 15 is 0 Å². The number of benzene rings is 1. The third kappa shape index (κ3) is 3.06. The standard InChI is InChI=1S/C15H16N2O3S/c18-11(8-16-15(20)10-5-6-14(19)17-10)13-7-9-3-1-2-4-12(9)21-13/h1-4,7,10-11,18H,5-6,8H2,(H,16,20)(H,17,19)/t10-,11+/m1/s1. The van der Waals surface area contributed by atoms with Gasteiger partial charge in [-0.3, -0.25) is 9.59 Å². The predicted molar refractivity (Wildman–Crippen MR) is 81.0 cm³/mol. The lowest BCUT2D eigenvalue weighted by atomic mass is 10.2. The van der Waals surface area contributed by atoms with E-state index in [0.29, 0.717) is 12.8 Å². The van der Waals surface area contributed by atoms with Crippen LogP contribution in [-0.2, 0) is 9.59 Å². The molecule has 5 nitrogen and oxygen atoms in total. The Morgan fingerprint density at radius 3 is 3.00 bits per heavy atom. The van der Waals surface area contributed by atoms with E-state index in [-0.39, 0.29) is 18.4 Å². The molecule has 1 aromatic heterocycles. The van der Waals surface area contributed by atoms with Crippen LogP contribution in [0.4, 0.5) is 0 Å². The Morgan fingerprint density at radius 1 is 1.48 bits per heavy atom. The van der Waals surface area contributed by atoms with Gasteiger partial charge >= 0.3 is 0 Å². The van der Waals surface area contributed by atoms with Crippen molar-refractivity contribution in [1.29, 1.82) is 0 Å². The number of amides is 2. The first-order valence-corrected chi connectivity index (χ1v) is 7.69. The number of aliphatic hydroxyl groups excluding tert-OH is 1. The molecule has 2 heterocycles. The van der Waals surface area contributed by atoms with E-state index in [1.165, 1.54) is 11.3 Å². The lowest BCUT2D eigenvalue weighted by Gasteiger charge is -2.13. The van der Waals surface area contributed by atoms with Gasteiger partial charge in [0, 0.05) is 22.5 Å². The van der Waals surface area contributed by atoms with E-state index in [1.807, 2.05) is 30.3 Å². The molecular formula is C15H16N2O3S. The average Bonchev–Trinajstić information content (AvgIpc) is 3.10. The summed E-state index contributed by atoms with van der Waals surface area (Å²) in [6.45, 7) is 0.151. The SMILES string of the molecule is O=C1CC[C@H](C(=O)NC[C@H](O)c2cc3ccccc3s2)N1. The number of hydrogen-bond acceptors (Lipinski definition) is 4. The predicted octanol–water partition coefficient (Wildman–Crippen LogP) is 1.33. The van der Waals surface area contributed by atoms with Crippen molar-refractivity contribution in [2.75, 3.05) is 6.54 Å². The van der Waals surface area contributed by atoms with Crippen molar-refractivity contribution < 1.29 is 14.7 Å². The van der Waals surface area contributed by atoms with Crippen molar-refractivity contribution in [3.8, 4) is 0 Å². The molecule has 0 saturated carbocycles. The minimum absolute atomic E-state index is 0.0970. The van der Waals surface area contributed by atoms with Crippen LogP contribution in [0, 0.1) is 0 Å². The van der Waals surface area contributed by atoms with Gasteiger partial charge in [0.2, 0.25) is 11.8 Å². The number of fused-ring (bicyclic) bond motifs is 1. The molecule has 1 aromatic carbocycles. The highest BCUT2D eigenvalue weighted by Crippen LogP contribution is 2.29. The zero-order chi connectivity index (χ0) is 14.8. The summed E-state index contributed by atoms with van der Waals surface area (Å²) in [7, 11) is 0. The Morgan fingerprint density at radius 2 is 2.29 bits per heavy atom. The van der Waals surface area contributed by atoms with Crippen LogP contribution in [0.3, 0.4) is 0 Å². The number of aliphatic hydroxyl groups is 1. The first kappa shape index (κ1) is 14.0. The minimum atomic E-state index is -0.733. The van der Waals surface area contributed by atoms with Gasteiger partial charge in [0.1, 0.15) is 12.1 Å². The van der Waals surface area contributed by atoms with Gasteiger partial charge in [-0.25, -0.2) is 0 Å². The van der Waals surface area contributed by atoms with Crippen molar-refractivity contribution in [3.63, 3.8) is 0 Å². The maximum atomic E-state index is 11.9. The van der Waals surface area contributed by atoms with Crippen molar-refractivity contribution in [3.05, 3.63) is 35.2 Å². The molecule has 0 radical (unpaired) electrons. The third-order valence-corrected chi connectivity index (χ3v) is 4.77. The van der Waals surface area contributed by atoms with E-state index in [4.69, 9.17) is 0 Å². The smallest absolute Gasteiger partial charge is 0.242 e. The Hall–Kier alpha value is -1.92. The highest BCUT2D eigenvalue weighted by Gasteiger charge is 2.27. The van der Waals surface area contributed by atoms with Crippen LogP contribution >= 0.6 is 11.3 Å². The van der Waals surface area contributed by atoms with Gasteiger partial charge in [-0.1, -0.05) is 18.2 Å². The molecule has 3 N–H and O–H groups in total. The van der Waals surface area contributed by atoms with Crippen molar-refractivity contribution in [2.24, 2.45) is 0 Å². The molecule has 6 heteroatoms. The summed E-state index contributed by atoms with van der Waals surface area (Å²) in [5.41, 5.74) is 0. The van der Waals surface area contributed by atoms with Crippen LogP contribution in [-0.4, -0.2) is 29.5 Å². The molecule has 2 aromatic rings. The molecule has 2 atom stereocenters. The Labute approximate surface area is 126 Å². The van der Waals surface area contributed by atoms with Crippen LogP contribution in [0.2, 0.25) is 0 Å². The fourth-order valence-electron chi connectivity index (χ4n) is 2.40. The van der Waals surface area contributed by atoms with Gasteiger partial charge in [-0.2, -0.15) is 0 Å². The molecule has 21 heavy (non-hydrogen) atoms. The lowest BCUT2D eigenvalue weighted by Crippen LogP contribution is -2.42. The second kappa shape index (κ2) is 5.83. The molecule has 1 aliphatic rings. The van der Waals surface area contributed by atoms with Crippen molar-refractivity contribution in [1.82, 2.24) is 10.6 Å².